The van der Waals surface area contributed by atoms with Crippen LogP contribution in [0.5, 0.6) is 0 Å². The molecule has 6 heteroatoms. The van der Waals surface area contributed by atoms with Gasteiger partial charge in [0.05, 0.1) is 6.04 Å². The number of fused-ring (bicyclic) bond motifs is 2. The number of nitrogens with zero attached hydrogens (tertiary/aromatic N) is 3. The van der Waals surface area contributed by atoms with E-state index >= 15 is 0 Å². The highest BCUT2D eigenvalue weighted by molar-refractivity contribution is 5.79. The Bertz CT molecular complexity index is 404. The van der Waals surface area contributed by atoms with E-state index in [1.807, 2.05) is 6.92 Å². The van der Waals surface area contributed by atoms with Crippen LogP contribution in [-0.4, -0.2) is 26.5 Å². The molecular formula is C11H17N5O. The first kappa shape index (κ1) is 10.7. The molecule has 1 heterocycles. The monoisotopic (exact) mass is 235 g/mol. The summed E-state index contributed by atoms with van der Waals surface area (Å²) in [6.45, 7) is 1.88. The summed E-state index contributed by atoms with van der Waals surface area (Å²) in [5.41, 5.74) is 0. The average Bonchev–Trinajstić information content (AvgIpc) is 3.05. The zero-order valence-corrected chi connectivity index (χ0v) is 9.89. The highest BCUT2D eigenvalue weighted by Crippen LogP contribution is 2.48. The molecule has 2 bridgehead atoms. The number of H-pyrrole nitrogens is 1. The quantitative estimate of drug-likeness (QED) is 0.812. The Balaban J connectivity index is 1.60. The number of hydrogen-bond acceptors (Lipinski definition) is 4. The van der Waals surface area contributed by atoms with Crippen LogP contribution in [0.3, 0.4) is 0 Å². The number of carbonyl (C=O) groups is 1. The average molecular weight is 235 g/mol. The van der Waals surface area contributed by atoms with Gasteiger partial charge >= 0.3 is 0 Å². The molecule has 2 N–H and O–H groups in total. The van der Waals surface area contributed by atoms with E-state index in [2.05, 4.69) is 25.9 Å². The van der Waals surface area contributed by atoms with Gasteiger partial charge in [-0.25, -0.2) is 0 Å². The van der Waals surface area contributed by atoms with Crippen LogP contribution in [0.25, 0.3) is 0 Å². The lowest BCUT2D eigenvalue weighted by atomic mass is 9.88. The van der Waals surface area contributed by atoms with Crippen molar-refractivity contribution in [1.29, 1.82) is 0 Å². The minimum Gasteiger partial charge on any atom is -0.346 e. The summed E-state index contributed by atoms with van der Waals surface area (Å²) in [5.74, 6) is 2.31. The second-order valence-electron chi connectivity index (χ2n) is 5.28. The second-order valence-corrected chi connectivity index (χ2v) is 5.28. The Kier molecular flexibility index (Phi) is 2.57. The van der Waals surface area contributed by atoms with Crippen molar-refractivity contribution in [3.63, 3.8) is 0 Å². The van der Waals surface area contributed by atoms with Gasteiger partial charge in [-0.15, -0.1) is 10.2 Å². The number of tetrazole rings is 1. The fourth-order valence-electron chi connectivity index (χ4n) is 3.30. The van der Waals surface area contributed by atoms with Crippen LogP contribution in [0.15, 0.2) is 0 Å². The van der Waals surface area contributed by atoms with Crippen molar-refractivity contribution >= 4 is 5.91 Å². The van der Waals surface area contributed by atoms with Crippen LogP contribution >= 0.6 is 0 Å². The van der Waals surface area contributed by atoms with Gasteiger partial charge in [0.1, 0.15) is 0 Å². The highest BCUT2D eigenvalue weighted by Gasteiger charge is 2.43. The van der Waals surface area contributed by atoms with Gasteiger partial charge in [0.15, 0.2) is 5.82 Å². The summed E-state index contributed by atoms with van der Waals surface area (Å²) in [7, 11) is 0. The number of nitrogens with one attached hydrogen (secondary N) is 2. The van der Waals surface area contributed by atoms with Crippen molar-refractivity contribution in [3.05, 3.63) is 5.82 Å². The maximum Gasteiger partial charge on any atom is 0.223 e. The predicted octanol–water partition coefficient (Wildman–Crippen LogP) is 0.813. The molecular weight excluding hydrogens is 218 g/mol. The number of aromatic nitrogens is 4. The molecule has 2 saturated carbocycles. The van der Waals surface area contributed by atoms with E-state index in [1.54, 1.807) is 0 Å². The molecule has 0 saturated heterocycles. The molecule has 0 spiro atoms. The largest absolute Gasteiger partial charge is 0.346 e. The third-order valence-corrected chi connectivity index (χ3v) is 4.18. The van der Waals surface area contributed by atoms with Crippen molar-refractivity contribution in [3.8, 4) is 0 Å². The van der Waals surface area contributed by atoms with Crippen LogP contribution < -0.4 is 5.32 Å². The Morgan fingerprint density at radius 2 is 2.35 bits per heavy atom. The molecule has 2 aliphatic carbocycles. The summed E-state index contributed by atoms with van der Waals surface area (Å²) in [6.07, 6.45) is 4.85. The fourth-order valence-corrected chi connectivity index (χ4v) is 3.30. The van der Waals surface area contributed by atoms with Gasteiger partial charge < -0.3 is 5.32 Å². The first-order valence-electron chi connectivity index (χ1n) is 6.27. The Morgan fingerprint density at radius 1 is 1.47 bits per heavy atom. The van der Waals surface area contributed by atoms with E-state index in [0.29, 0.717) is 11.7 Å². The maximum absolute atomic E-state index is 12.1. The summed E-state index contributed by atoms with van der Waals surface area (Å²) in [5, 5.41) is 16.6. The minimum atomic E-state index is -0.166. The molecule has 1 aromatic heterocycles. The molecule has 2 aliphatic rings. The van der Waals surface area contributed by atoms with Crippen LogP contribution in [0.1, 0.15) is 44.5 Å². The molecule has 0 aromatic carbocycles. The number of hydrogen-bond donors (Lipinski definition) is 2. The van der Waals surface area contributed by atoms with E-state index in [9.17, 15) is 4.79 Å². The lowest BCUT2D eigenvalue weighted by Gasteiger charge is -2.22. The van der Waals surface area contributed by atoms with Crippen molar-refractivity contribution in [2.24, 2.45) is 17.8 Å². The molecule has 4 atom stereocenters. The Hall–Kier alpha value is -1.46. The molecule has 92 valence electrons. The number of carbonyl (C=O) groups excluding carboxylic acids is 1. The molecule has 0 radical (unpaired) electrons. The molecule has 6 nitrogen and oxygen atoms in total. The van der Waals surface area contributed by atoms with E-state index in [4.69, 9.17) is 0 Å². The van der Waals surface area contributed by atoms with E-state index in [-0.39, 0.29) is 17.9 Å². The molecule has 4 unspecified atom stereocenters. The Labute approximate surface area is 99.6 Å². The number of rotatable bonds is 3. The first-order chi connectivity index (χ1) is 8.24. The normalized spacial score (nSPS) is 32.6. The topological polar surface area (TPSA) is 83.6 Å². The van der Waals surface area contributed by atoms with Crippen molar-refractivity contribution in [1.82, 2.24) is 25.9 Å². The smallest absolute Gasteiger partial charge is 0.223 e. The second kappa shape index (κ2) is 4.09. The lowest BCUT2D eigenvalue weighted by Crippen LogP contribution is -2.35. The van der Waals surface area contributed by atoms with Gasteiger partial charge in [0, 0.05) is 5.92 Å². The van der Waals surface area contributed by atoms with Gasteiger partial charge in [-0.05, 0) is 38.0 Å². The molecule has 17 heavy (non-hydrogen) atoms. The third-order valence-electron chi connectivity index (χ3n) is 4.18. The predicted molar refractivity (Wildman–Crippen MR) is 59.7 cm³/mol. The van der Waals surface area contributed by atoms with E-state index in [0.717, 1.165) is 12.3 Å². The maximum atomic E-state index is 12.1. The number of amides is 1. The van der Waals surface area contributed by atoms with Crippen LogP contribution in [0.2, 0.25) is 0 Å². The summed E-state index contributed by atoms with van der Waals surface area (Å²) < 4.78 is 0. The van der Waals surface area contributed by atoms with Crippen molar-refractivity contribution in [2.75, 3.05) is 0 Å². The minimum absolute atomic E-state index is 0.162. The van der Waals surface area contributed by atoms with Gasteiger partial charge in [-0.1, -0.05) is 11.6 Å². The molecule has 1 aromatic rings. The summed E-state index contributed by atoms with van der Waals surface area (Å²) in [4.78, 5) is 12.1. The summed E-state index contributed by atoms with van der Waals surface area (Å²) >= 11 is 0. The Morgan fingerprint density at radius 3 is 2.94 bits per heavy atom. The van der Waals surface area contributed by atoms with Crippen LogP contribution in [-0.2, 0) is 4.79 Å². The van der Waals surface area contributed by atoms with Gasteiger partial charge in [0.2, 0.25) is 5.91 Å². The summed E-state index contributed by atoms with van der Waals surface area (Å²) in [6, 6.07) is -0.166. The van der Waals surface area contributed by atoms with Gasteiger partial charge in [0.25, 0.3) is 0 Å². The first-order valence-corrected chi connectivity index (χ1v) is 6.27. The van der Waals surface area contributed by atoms with Crippen molar-refractivity contribution < 1.29 is 4.79 Å². The number of aromatic amines is 1. The van der Waals surface area contributed by atoms with Crippen LogP contribution in [0.4, 0.5) is 0 Å². The molecule has 0 aliphatic heterocycles. The van der Waals surface area contributed by atoms with Crippen molar-refractivity contribution in [2.45, 2.75) is 38.6 Å². The van der Waals surface area contributed by atoms with Gasteiger partial charge in [-0.3, -0.25) is 4.79 Å². The standard InChI is InChI=1S/C11H17N5O/c1-6(10-13-15-16-14-10)12-11(17)9-5-7-2-3-8(9)4-7/h6-9H,2-5H2,1H3,(H,12,17)(H,13,14,15,16). The highest BCUT2D eigenvalue weighted by atomic mass is 16.2. The molecule has 2 fully saturated rings. The SMILES string of the molecule is CC(NC(=O)C1CC2CCC1C2)c1nn[nH]n1. The molecule has 1 amide bonds. The third kappa shape index (κ3) is 1.92. The van der Waals surface area contributed by atoms with E-state index < -0.39 is 0 Å². The fraction of sp³-hybridized carbons (Fsp3) is 0.818. The van der Waals surface area contributed by atoms with E-state index in [1.165, 1.54) is 19.3 Å². The van der Waals surface area contributed by atoms with Gasteiger partial charge in [-0.2, -0.15) is 5.21 Å². The zero-order valence-electron chi connectivity index (χ0n) is 9.89. The lowest BCUT2D eigenvalue weighted by molar-refractivity contribution is -0.127. The zero-order chi connectivity index (χ0) is 11.8. The molecule has 3 rings (SSSR count). The van der Waals surface area contributed by atoms with Crippen LogP contribution in [0, 0.1) is 17.8 Å².